The van der Waals surface area contributed by atoms with Crippen LogP contribution in [0.1, 0.15) is 22.3 Å². The Kier molecular flexibility index (Phi) is 5.79. The fourth-order valence-electron chi connectivity index (χ4n) is 2.63. The van der Waals surface area contributed by atoms with E-state index >= 15 is 0 Å². The highest BCUT2D eigenvalue weighted by molar-refractivity contribution is 6.31. The molecule has 3 aromatic carbocycles. The molecule has 0 atom stereocenters. The number of hydrogen-bond acceptors (Lipinski definition) is 2. The second kappa shape index (κ2) is 8.24. The van der Waals surface area contributed by atoms with Crippen molar-refractivity contribution in [1.82, 2.24) is 0 Å². The van der Waals surface area contributed by atoms with Crippen molar-refractivity contribution in [3.05, 3.63) is 93.8 Å². The number of aryl methyl sites for hydroxylation is 2. The zero-order chi connectivity index (χ0) is 18.5. The van der Waals surface area contributed by atoms with E-state index in [1.54, 1.807) is 12.1 Å². The van der Waals surface area contributed by atoms with Gasteiger partial charge in [0.05, 0.1) is 5.02 Å². The maximum Gasteiger partial charge on any atom is 0.131 e. The van der Waals surface area contributed by atoms with Gasteiger partial charge in [0.1, 0.15) is 18.2 Å². The molecule has 0 amide bonds. The molecule has 0 aliphatic rings. The first-order valence-electron chi connectivity index (χ1n) is 8.48. The Bertz CT molecular complexity index is 890. The lowest BCUT2D eigenvalue weighted by Gasteiger charge is -2.12. The van der Waals surface area contributed by atoms with Gasteiger partial charge in [-0.3, -0.25) is 0 Å². The van der Waals surface area contributed by atoms with Crippen LogP contribution in [0.15, 0.2) is 60.7 Å². The third-order valence-electron chi connectivity index (χ3n) is 4.35. The molecule has 134 valence electrons. The average molecular weight is 370 g/mol. The molecule has 0 fully saturated rings. The monoisotopic (exact) mass is 369 g/mol. The predicted octanol–water partition coefficient (Wildman–Crippen LogP) is 6.29. The maximum atomic E-state index is 13.8. The van der Waals surface area contributed by atoms with Crippen LogP contribution in [-0.2, 0) is 13.2 Å². The van der Waals surface area contributed by atoms with Crippen LogP contribution < -0.4 is 10.1 Å². The quantitative estimate of drug-likeness (QED) is 0.551. The normalized spacial score (nSPS) is 10.6. The van der Waals surface area contributed by atoms with Crippen molar-refractivity contribution in [3.63, 3.8) is 0 Å². The Morgan fingerprint density at radius 1 is 0.962 bits per heavy atom. The summed E-state index contributed by atoms with van der Waals surface area (Å²) in [6.45, 7) is 4.98. The lowest BCUT2D eigenvalue weighted by molar-refractivity contribution is 0.299. The van der Waals surface area contributed by atoms with Crippen LogP contribution >= 0.6 is 11.6 Å². The molecule has 26 heavy (non-hydrogen) atoms. The standard InChI is InChI=1S/C22H21ClFNO/c1-15-9-10-18(11-16(15)2)25-13-17-5-3-6-19(12-17)26-14-20-21(23)7-4-8-22(20)24/h3-12,25H,13-14H2,1-2H3. The summed E-state index contributed by atoms with van der Waals surface area (Å²) >= 11 is 6.04. The van der Waals surface area contributed by atoms with Gasteiger partial charge in [0.15, 0.2) is 0 Å². The van der Waals surface area contributed by atoms with Gasteiger partial charge in [0, 0.05) is 17.8 Å². The molecule has 0 spiro atoms. The third kappa shape index (κ3) is 4.55. The Labute approximate surface area is 158 Å². The Morgan fingerprint density at radius 2 is 1.77 bits per heavy atom. The highest BCUT2D eigenvalue weighted by Crippen LogP contribution is 2.22. The minimum absolute atomic E-state index is 0.0968. The number of rotatable bonds is 6. The van der Waals surface area contributed by atoms with Gasteiger partial charge in [-0.05, 0) is 66.9 Å². The van der Waals surface area contributed by atoms with E-state index in [2.05, 4.69) is 37.4 Å². The van der Waals surface area contributed by atoms with E-state index in [9.17, 15) is 4.39 Å². The number of benzene rings is 3. The van der Waals surface area contributed by atoms with Gasteiger partial charge in [-0.15, -0.1) is 0 Å². The maximum absolute atomic E-state index is 13.8. The van der Waals surface area contributed by atoms with Gasteiger partial charge in [0.25, 0.3) is 0 Å². The molecule has 2 nitrogen and oxygen atoms in total. The highest BCUT2D eigenvalue weighted by Gasteiger charge is 2.08. The molecule has 0 saturated heterocycles. The molecule has 0 radical (unpaired) electrons. The van der Waals surface area contributed by atoms with Crippen molar-refractivity contribution < 1.29 is 9.13 Å². The first kappa shape index (κ1) is 18.3. The number of anilines is 1. The van der Waals surface area contributed by atoms with Crippen molar-refractivity contribution in [2.75, 3.05) is 5.32 Å². The molecule has 3 aromatic rings. The smallest absolute Gasteiger partial charge is 0.131 e. The summed E-state index contributed by atoms with van der Waals surface area (Å²) < 4.78 is 19.6. The van der Waals surface area contributed by atoms with Crippen LogP contribution in [0.4, 0.5) is 10.1 Å². The molecule has 1 N–H and O–H groups in total. The van der Waals surface area contributed by atoms with E-state index in [4.69, 9.17) is 16.3 Å². The summed E-state index contributed by atoms with van der Waals surface area (Å²) in [7, 11) is 0. The molecule has 4 heteroatoms. The topological polar surface area (TPSA) is 21.3 Å². The summed E-state index contributed by atoms with van der Waals surface area (Å²) in [6, 6.07) is 18.7. The van der Waals surface area contributed by atoms with Crippen LogP contribution in [0, 0.1) is 19.7 Å². The largest absolute Gasteiger partial charge is 0.489 e. The minimum Gasteiger partial charge on any atom is -0.489 e. The van der Waals surface area contributed by atoms with Crippen molar-refractivity contribution in [2.45, 2.75) is 27.0 Å². The van der Waals surface area contributed by atoms with E-state index < -0.39 is 0 Å². The van der Waals surface area contributed by atoms with Crippen molar-refractivity contribution in [2.24, 2.45) is 0 Å². The number of nitrogens with one attached hydrogen (secondary N) is 1. The fourth-order valence-corrected chi connectivity index (χ4v) is 2.84. The third-order valence-corrected chi connectivity index (χ3v) is 4.70. The number of ether oxygens (including phenoxy) is 1. The van der Waals surface area contributed by atoms with Crippen molar-refractivity contribution in [1.29, 1.82) is 0 Å². The molecule has 0 heterocycles. The first-order chi connectivity index (χ1) is 12.5. The van der Waals surface area contributed by atoms with Gasteiger partial charge >= 0.3 is 0 Å². The average Bonchev–Trinajstić information content (AvgIpc) is 2.63. The van der Waals surface area contributed by atoms with Gasteiger partial charge in [-0.25, -0.2) is 4.39 Å². The summed E-state index contributed by atoms with van der Waals surface area (Å²) in [4.78, 5) is 0. The lowest BCUT2D eigenvalue weighted by Crippen LogP contribution is -2.02. The first-order valence-corrected chi connectivity index (χ1v) is 8.86. The van der Waals surface area contributed by atoms with Crippen molar-refractivity contribution >= 4 is 17.3 Å². The molecule has 0 unspecified atom stereocenters. The fraction of sp³-hybridized carbons (Fsp3) is 0.182. The number of hydrogen-bond donors (Lipinski definition) is 1. The number of halogens is 2. The molecule has 3 rings (SSSR count). The zero-order valence-corrected chi connectivity index (χ0v) is 15.6. The summed E-state index contributed by atoms with van der Waals surface area (Å²) in [5.74, 6) is 0.328. The van der Waals surface area contributed by atoms with Crippen LogP contribution in [0.25, 0.3) is 0 Å². The Hall–Kier alpha value is -2.52. The van der Waals surface area contributed by atoms with Crippen LogP contribution in [0.3, 0.4) is 0 Å². The second-order valence-corrected chi connectivity index (χ2v) is 6.70. The van der Waals surface area contributed by atoms with Gasteiger partial charge in [-0.2, -0.15) is 0 Å². The molecule has 0 aliphatic carbocycles. The van der Waals surface area contributed by atoms with Crippen LogP contribution in [0.5, 0.6) is 5.75 Å². The van der Waals surface area contributed by atoms with Gasteiger partial charge in [-0.1, -0.05) is 35.9 Å². The van der Waals surface area contributed by atoms with E-state index in [1.807, 2.05) is 24.3 Å². The zero-order valence-electron chi connectivity index (χ0n) is 14.9. The lowest BCUT2D eigenvalue weighted by atomic mass is 10.1. The van der Waals surface area contributed by atoms with Crippen molar-refractivity contribution in [3.8, 4) is 5.75 Å². The molecule has 0 aromatic heterocycles. The molecule has 0 saturated carbocycles. The summed E-state index contributed by atoms with van der Waals surface area (Å²) in [5.41, 5.74) is 5.07. The Balaban J connectivity index is 1.63. The van der Waals surface area contributed by atoms with E-state index in [0.717, 1.165) is 11.3 Å². The molecule has 0 aliphatic heterocycles. The second-order valence-electron chi connectivity index (χ2n) is 6.29. The highest BCUT2D eigenvalue weighted by atomic mass is 35.5. The van der Waals surface area contributed by atoms with E-state index in [1.165, 1.54) is 17.2 Å². The molecular formula is C22H21ClFNO. The molecular weight excluding hydrogens is 349 g/mol. The van der Waals surface area contributed by atoms with Gasteiger partial charge < -0.3 is 10.1 Å². The van der Waals surface area contributed by atoms with E-state index in [-0.39, 0.29) is 12.4 Å². The Morgan fingerprint density at radius 3 is 2.54 bits per heavy atom. The van der Waals surface area contributed by atoms with Gasteiger partial charge in [0.2, 0.25) is 0 Å². The minimum atomic E-state index is -0.356. The van der Waals surface area contributed by atoms with Crippen LogP contribution in [0.2, 0.25) is 5.02 Å². The van der Waals surface area contributed by atoms with Crippen LogP contribution in [-0.4, -0.2) is 0 Å². The predicted molar refractivity (Wildman–Crippen MR) is 105 cm³/mol. The SMILES string of the molecule is Cc1ccc(NCc2cccc(OCc3c(F)cccc3Cl)c2)cc1C. The summed E-state index contributed by atoms with van der Waals surface area (Å²) in [5, 5.41) is 3.78. The molecule has 0 bridgehead atoms. The summed E-state index contributed by atoms with van der Waals surface area (Å²) in [6.07, 6.45) is 0. The van der Waals surface area contributed by atoms with E-state index in [0.29, 0.717) is 22.9 Å².